The van der Waals surface area contributed by atoms with Crippen molar-refractivity contribution in [3.05, 3.63) is 35.7 Å². The van der Waals surface area contributed by atoms with E-state index < -0.39 is 18.9 Å². The summed E-state index contributed by atoms with van der Waals surface area (Å²) < 4.78 is 53.8. The van der Waals surface area contributed by atoms with Gasteiger partial charge >= 0.3 is 6.18 Å². The molecular weight excluding hydrogens is 472 g/mol. The molecule has 0 saturated heterocycles. The Hall–Kier alpha value is -1.95. The Morgan fingerprint density at radius 2 is 1.71 bits per heavy atom. The fraction of sp³-hybridized carbons (Fsp3) is 0.654. The second-order valence-electron chi connectivity index (χ2n) is 11.2. The summed E-state index contributed by atoms with van der Waals surface area (Å²) >= 11 is 0. The first kappa shape index (κ1) is 27.6. The van der Waals surface area contributed by atoms with Crippen LogP contribution in [0.4, 0.5) is 18.9 Å². The Bertz CT molecular complexity index is 950. The highest BCUT2D eigenvalue weighted by Crippen LogP contribution is 2.50. The van der Waals surface area contributed by atoms with Gasteiger partial charge in [-0.3, -0.25) is 4.99 Å². The Morgan fingerprint density at radius 3 is 2.23 bits per heavy atom. The van der Waals surface area contributed by atoms with Crippen LogP contribution in [0, 0.1) is 23.2 Å². The highest BCUT2D eigenvalue weighted by Gasteiger charge is 2.41. The zero-order chi connectivity index (χ0) is 25.9. The van der Waals surface area contributed by atoms with E-state index >= 15 is 0 Å². The van der Waals surface area contributed by atoms with Gasteiger partial charge in [0.15, 0.2) is 0 Å². The van der Waals surface area contributed by atoms with Crippen molar-refractivity contribution in [2.75, 3.05) is 38.9 Å². The van der Waals surface area contributed by atoms with Crippen molar-refractivity contribution in [2.24, 2.45) is 28.2 Å². The lowest BCUT2D eigenvalue weighted by Gasteiger charge is -2.47. The Kier molecular flexibility index (Phi) is 8.67. The Labute approximate surface area is 207 Å². The minimum absolute atomic E-state index is 0.0434. The molecule has 0 heterocycles. The zero-order valence-electron chi connectivity index (χ0n) is 21.5. The van der Waals surface area contributed by atoms with Crippen LogP contribution in [-0.4, -0.2) is 46.0 Å². The van der Waals surface area contributed by atoms with E-state index in [9.17, 15) is 17.7 Å². The minimum atomic E-state index is -4.54. The largest absolute Gasteiger partial charge is 0.421 e. The Morgan fingerprint density at radius 1 is 1.11 bits per heavy atom. The number of alkyl halides is 3. The van der Waals surface area contributed by atoms with Crippen LogP contribution in [-0.2, 0) is 4.57 Å². The molecule has 2 bridgehead atoms. The molecule has 3 N–H and O–H groups in total. The van der Waals surface area contributed by atoms with E-state index in [-0.39, 0.29) is 17.9 Å². The molecule has 3 rings (SSSR count). The summed E-state index contributed by atoms with van der Waals surface area (Å²) in [6.07, 6.45) is 2.10. The first-order valence-electron chi connectivity index (χ1n) is 12.4. The standard InChI is InChI=1S/C26H40F3N4OP/c1-18-10-19-12-20(11-18)14-25(2,13-19)16-31-24(23(15-30-3)26(27,28)29)33-17-32-21-6-8-22(9-7-21)35(4,5)34/h6-9,15,18-20,31-33H,10-14,16-17H2,1-5H3. The van der Waals surface area contributed by atoms with Crippen LogP contribution in [0.3, 0.4) is 0 Å². The second-order valence-corrected chi connectivity index (χ2v) is 14.4. The van der Waals surface area contributed by atoms with Crippen LogP contribution in [0.15, 0.2) is 40.7 Å². The number of halogens is 3. The van der Waals surface area contributed by atoms with Crippen LogP contribution in [0.1, 0.15) is 46.0 Å². The molecule has 1 aromatic rings. The number of rotatable bonds is 9. The van der Waals surface area contributed by atoms with E-state index in [1.807, 2.05) is 0 Å². The van der Waals surface area contributed by atoms with Crippen molar-refractivity contribution in [1.82, 2.24) is 10.6 Å². The lowest BCUT2D eigenvalue weighted by molar-refractivity contribution is -0.0871. The van der Waals surface area contributed by atoms with Crippen molar-refractivity contribution < 1.29 is 17.7 Å². The number of allylic oxidation sites excluding steroid dienone is 1. The van der Waals surface area contributed by atoms with Crippen molar-refractivity contribution in [2.45, 2.75) is 52.1 Å². The molecule has 35 heavy (non-hydrogen) atoms. The number of benzene rings is 1. The van der Waals surface area contributed by atoms with Gasteiger partial charge in [0.05, 0.1) is 6.67 Å². The van der Waals surface area contributed by atoms with Gasteiger partial charge in [0.25, 0.3) is 0 Å². The summed E-state index contributed by atoms with van der Waals surface area (Å²) in [4.78, 5) is 3.66. The van der Waals surface area contributed by atoms with E-state index in [1.165, 1.54) is 26.3 Å². The normalized spacial score (nSPS) is 27.9. The highest BCUT2D eigenvalue weighted by molar-refractivity contribution is 7.70. The number of hydrogen-bond donors (Lipinski definition) is 3. The van der Waals surface area contributed by atoms with Crippen LogP contribution < -0.4 is 21.3 Å². The molecule has 0 aliphatic heterocycles. The number of fused-ring (bicyclic) bond motifs is 2. The summed E-state index contributed by atoms with van der Waals surface area (Å²) in [5.74, 6) is 2.00. The van der Waals surface area contributed by atoms with Gasteiger partial charge in [0.1, 0.15) is 18.5 Å². The summed E-state index contributed by atoms with van der Waals surface area (Å²) in [5.41, 5.74) is -0.130. The number of anilines is 1. The van der Waals surface area contributed by atoms with Gasteiger partial charge in [-0.05, 0) is 92.9 Å². The summed E-state index contributed by atoms with van der Waals surface area (Å²) in [5, 5.41) is 9.89. The molecule has 2 saturated carbocycles. The minimum Gasteiger partial charge on any atom is -0.371 e. The van der Waals surface area contributed by atoms with E-state index in [0.29, 0.717) is 18.4 Å². The fourth-order valence-corrected chi connectivity index (χ4v) is 6.86. The molecule has 2 aliphatic rings. The monoisotopic (exact) mass is 512 g/mol. The van der Waals surface area contributed by atoms with Gasteiger partial charge < -0.3 is 20.5 Å². The Balaban J connectivity index is 1.71. The third kappa shape index (κ3) is 7.77. The number of hydrogen-bond acceptors (Lipinski definition) is 5. The van der Waals surface area contributed by atoms with Crippen molar-refractivity contribution in [1.29, 1.82) is 0 Å². The molecule has 2 fully saturated rings. The molecular formula is C26H40F3N4OP. The maximum Gasteiger partial charge on any atom is 0.421 e. The molecule has 2 aliphatic carbocycles. The summed E-state index contributed by atoms with van der Waals surface area (Å²) in [6, 6.07) is 7.14. The highest BCUT2D eigenvalue weighted by atomic mass is 31.2. The lowest BCUT2D eigenvalue weighted by atomic mass is 9.59. The molecule has 2 unspecified atom stereocenters. The van der Waals surface area contributed by atoms with E-state index in [2.05, 4.69) is 34.8 Å². The lowest BCUT2D eigenvalue weighted by Crippen LogP contribution is -2.44. The smallest absolute Gasteiger partial charge is 0.371 e. The van der Waals surface area contributed by atoms with Gasteiger partial charge in [-0.15, -0.1) is 0 Å². The molecule has 0 aromatic heterocycles. The second kappa shape index (κ2) is 11.0. The third-order valence-corrected chi connectivity index (χ3v) is 8.81. The summed E-state index contributed by atoms with van der Waals surface area (Å²) in [6.45, 7) is 8.49. The molecule has 196 valence electrons. The fourth-order valence-electron chi connectivity index (χ4n) is 5.99. The van der Waals surface area contributed by atoms with Gasteiger partial charge in [-0.1, -0.05) is 13.8 Å². The average molecular weight is 513 g/mol. The molecule has 0 spiro atoms. The number of aliphatic imine (C=N–C) groups is 1. The van der Waals surface area contributed by atoms with E-state index in [4.69, 9.17) is 0 Å². The topological polar surface area (TPSA) is 65.5 Å². The predicted molar refractivity (Wildman–Crippen MR) is 140 cm³/mol. The van der Waals surface area contributed by atoms with Crippen LogP contribution in [0.5, 0.6) is 0 Å². The van der Waals surface area contributed by atoms with Crippen molar-refractivity contribution in [3.63, 3.8) is 0 Å². The van der Waals surface area contributed by atoms with Gasteiger partial charge in [0.2, 0.25) is 0 Å². The van der Waals surface area contributed by atoms with Crippen molar-refractivity contribution >= 4 is 24.3 Å². The number of nitrogens with one attached hydrogen (secondary N) is 3. The van der Waals surface area contributed by atoms with Gasteiger partial charge in [0, 0.05) is 30.8 Å². The van der Waals surface area contributed by atoms with Gasteiger partial charge in [-0.25, -0.2) is 0 Å². The first-order valence-corrected chi connectivity index (χ1v) is 15.0. The SMILES string of the molecule is CN=CC(=C(NCNc1ccc(P(C)(C)=O)cc1)NCC1(C)CC2CC(C)CC(C2)C1)C(F)(F)F. The van der Waals surface area contributed by atoms with Gasteiger partial charge in [-0.2, -0.15) is 13.2 Å². The molecule has 9 heteroatoms. The first-order chi connectivity index (χ1) is 16.3. The van der Waals surface area contributed by atoms with E-state index in [1.54, 1.807) is 37.6 Å². The molecule has 0 amide bonds. The predicted octanol–water partition coefficient (Wildman–Crippen LogP) is 5.81. The summed E-state index contributed by atoms with van der Waals surface area (Å²) in [7, 11) is -1.02. The van der Waals surface area contributed by atoms with Crippen LogP contribution >= 0.6 is 7.14 Å². The van der Waals surface area contributed by atoms with E-state index in [0.717, 1.165) is 36.0 Å². The zero-order valence-corrected chi connectivity index (χ0v) is 22.4. The number of nitrogens with zero attached hydrogens (tertiary/aromatic N) is 1. The molecule has 5 nitrogen and oxygen atoms in total. The quantitative estimate of drug-likeness (QED) is 0.222. The molecule has 1 aromatic carbocycles. The third-order valence-electron chi connectivity index (χ3n) is 7.27. The van der Waals surface area contributed by atoms with Crippen molar-refractivity contribution in [3.8, 4) is 0 Å². The average Bonchev–Trinajstić information content (AvgIpc) is 2.72. The molecule has 2 atom stereocenters. The maximum absolute atomic E-state index is 13.9. The van der Waals surface area contributed by atoms with Crippen LogP contribution in [0.2, 0.25) is 0 Å². The van der Waals surface area contributed by atoms with Crippen LogP contribution in [0.25, 0.3) is 0 Å². The molecule has 0 radical (unpaired) electrons. The maximum atomic E-state index is 13.9.